The first-order valence-electron chi connectivity index (χ1n) is 9.98. The number of fused-ring (bicyclic) bond motifs is 2. The van der Waals surface area contributed by atoms with Crippen molar-refractivity contribution in [3.05, 3.63) is 65.2 Å². The smallest absolute Gasteiger partial charge is 0.339 e. The zero-order valence-corrected chi connectivity index (χ0v) is 17.6. The number of amides is 1. The lowest BCUT2D eigenvalue weighted by Crippen LogP contribution is -2.46. The summed E-state index contributed by atoms with van der Waals surface area (Å²) in [6.45, 7) is 2.79. The number of sulfonamides is 1. The fourth-order valence-corrected chi connectivity index (χ4v) is 5.29. The summed E-state index contributed by atoms with van der Waals surface area (Å²) >= 11 is 0. The number of carbonyl (C=O) groups is 2. The standard InChI is InChI=1S/C22H24N2O5S/c1-16-5-4-6-17(15-16)30(27,28)23-12-9-20(25)24-13-10-22(11-14-24)19-8-3-2-7-18(19)21(26)29-22/h2-8,15,23H,9-14H2,1H3. The highest BCUT2D eigenvalue weighted by Crippen LogP contribution is 2.43. The molecule has 4 rings (SSSR count). The van der Waals surface area contributed by atoms with Gasteiger partial charge in [-0.05, 0) is 30.7 Å². The summed E-state index contributed by atoms with van der Waals surface area (Å²) < 4.78 is 32.9. The van der Waals surface area contributed by atoms with E-state index in [0.29, 0.717) is 31.5 Å². The number of ether oxygens (including phenoxy) is 1. The Labute approximate surface area is 176 Å². The zero-order valence-electron chi connectivity index (χ0n) is 16.8. The first-order chi connectivity index (χ1) is 14.3. The van der Waals surface area contributed by atoms with Gasteiger partial charge in [0.15, 0.2) is 0 Å². The summed E-state index contributed by atoms with van der Waals surface area (Å²) in [5.41, 5.74) is 1.69. The van der Waals surface area contributed by atoms with E-state index in [1.54, 1.807) is 23.1 Å². The molecule has 2 aliphatic heterocycles. The van der Waals surface area contributed by atoms with Gasteiger partial charge in [0.1, 0.15) is 5.60 Å². The van der Waals surface area contributed by atoms with Gasteiger partial charge in [-0.2, -0.15) is 0 Å². The summed E-state index contributed by atoms with van der Waals surface area (Å²) in [5, 5.41) is 0. The third-order valence-corrected chi connectivity index (χ3v) is 7.24. The van der Waals surface area contributed by atoms with E-state index in [1.807, 2.05) is 31.2 Å². The molecule has 0 aliphatic carbocycles. The molecule has 0 bridgehead atoms. The van der Waals surface area contributed by atoms with Crippen molar-refractivity contribution in [2.24, 2.45) is 0 Å². The minimum absolute atomic E-state index is 0.0363. The van der Waals surface area contributed by atoms with E-state index in [0.717, 1.165) is 11.1 Å². The number of nitrogens with one attached hydrogen (secondary N) is 1. The Kier molecular flexibility index (Phi) is 5.38. The minimum atomic E-state index is -3.65. The van der Waals surface area contributed by atoms with Crippen LogP contribution in [0.5, 0.6) is 0 Å². The van der Waals surface area contributed by atoms with Gasteiger partial charge in [-0.3, -0.25) is 4.79 Å². The Balaban J connectivity index is 1.32. The van der Waals surface area contributed by atoms with Crippen LogP contribution in [0.1, 0.15) is 40.7 Å². The molecule has 1 N–H and O–H groups in total. The van der Waals surface area contributed by atoms with Crippen LogP contribution in [0.4, 0.5) is 0 Å². The van der Waals surface area contributed by atoms with Crippen LogP contribution >= 0.6 is 0 Å². The van der Waals surface area contributed by atoms with Crippen LogP contribution < -0.4 is 4.72 Å². The number of nitrogens with zero attached hydrogens (tertiary/aromatic N) is 1. The SMILES string of the molecule is Cc1cccc(S(=O)(=O)NCCC(=O)N2CCC3(CC2)OC(=O)c2ccccc23)c1. The number of likely N-dealkylation sites (tertiary alicyclic amines) is 1. The zero-order chi connectivity index (χ0) is 21.4. The van der Waals surface area contributed by atoms with Crippen LogP contribution in [0.15, 0.2) is 53.4 Å². The number of benzene rings is 2. The van der Waals surface area contributed by atoms with Crippen molar-refractivity contribution in [3.63, 3.8) is 0 Å². The molecular weight excluding hydrogens is 404 g/mol. The molecule has 158 valence electrons. The highest BCUT2D eigenvalue weighted by molar-refractivity contribution is 7.89. The van der Waals surface area contributed by atoms with Crippen LogP contribution in [0.2, 0.25) is 0 Å². The molecule has 0 radical (unpaired) electrons. The average molecular weight is 429 g/mol. The van der Waals surface area contributed by atoms with E-state index >= 15 is 0 Å². The van der Waals surface area contributed by atoms with Gasteiger partial charge in [0.05, 0.1) is 10.5 Å². The summed E-state index contributed by atoms with van der Waals surface area (Å²) in [5.74, 6) is -0.426. The molecule has 30 heavy (non-hydrogen) atoms. The van der Waals surface area contributed by atoms with E-state index in [1.165, 1.54) is 6.07 Å². The Morgan fingerprint density at radius 3 is 2.60 bits per heavy atom. The summed E-state index contributed by atoms with van der Waals surface area (Å²) in [6.07, 6.45) is 1.15. The summed E-state index contributed by atoms with van der Waals surface area (Å²) in [4.78, 5) is 26.6. The fourth-order valence-electron chi connectivity index (χ4n) is 4.15. The monoisotopic (exact) mass is 428 g/mol. The van der Waals surface area contributed by atoms with Crippen molar-refractivity contribution in [3.8, 4) is 0 Å². The van der Waals surface area contributed by atoms with Gasteiger partial charge in [0, 0.05) is 44.5 Å². The molecule has 0 unspecified atom stereocenters. The average Bonchev–Trinajstić information content (AvgIpc) is 3.00. The third kappa shape index (κ3) is 3.85. The molecule has 0 aromatic heterocycles. The van der Waals surface area contributed by atoms with Crippen LogP contribution in [-0.2, 0) is 25.2 Å². The molecule has 7 nitrogen and oxygen atoms in total. The maximum absolute atomic E-state index is 12.6. The van der Waals surface area contributed by atoms with Crippen molar-refractivity contribution in [2.45, 2.75) is 36.7 Å². The van der Waals surface area contributed by atoms with E-state index in [-0.39, 0.29) is 29.7 Å². The molecule has 2 aliphatic rings. The van der Waals surface area contributed by atoms with Crippen molar-refractivity contribution in [1.82, 2.24) is 9.62 Å². The number of esters is 1. The van der Waals surface area contributed by atoms with Crippen LogP contribution in [0, 0.1) is 6.92 Å². The quantitative estimate of drug-likeness (QED) is 0.738. The molecule has 0 saturated carbocycles. The molecule has 1 spiro atoms. The first-order valence-corrected chi connectivity index (χ1v) is 11.5. The van der Waals surface area contributed by atoms with Crippen molar-refractivity contribution in [2.75, 3.05) is 19.6 Å². The van der Waals surface area contributed by atoms with Crippen LogP contribution in [0.3, 0.4) is 0 Å². The van der Waals surface area contributed by atoms with Crippen molar-refractivity contribution >= 4 is 21.9 Å². The highest BCUT2D eigenvalue weighted by Gasteiger charge is 2.47. The lowest BCUT2D eigenvalue weighted by Gasteiger charge is -2.38. The Bertz CT molecular complexity index is 1090. The number of rotatable bonds is 5. The van der Waals surface area contributed by atoms with E-state index < -0.39 is 15.6 Å². The lowest BCUT2D eigenvalue weighted by molar-refractivity contribution is -0.135. The topological polar surface area (TPSA) is 92.8 Å². The number of carbonyl (C=O) groups excluding carboxylic acids is 2. The minimum Gasteiger partial charge on any atom is -0.450 e. The van der Waals surface area contributed by atoms with E-state index in [9.17, 15) is 18.0 Å². The molecule has 1 amide bonds. The molecular formula is C22H24N2O5S. The van der Waals surface area contributed by atoms with Gasteiger partial charge in [-0.15, -0.1) is 0 Å². The molecule has 0 atom stereocenters. The lowest BCUT2D eigenvalue weighted by atomic mass is 9.83. The molecule has 8 heteroatoms. The summed E-state index contributed by atoms with van der Waals surface area (Å²) in [6, 6.07) is 14.0. The van der Waals surface area contributed by atoms with Gasteiger partial charge < -0.3 is 9.64 Å². The molecule has 2 aromatic carbocycles. The maximum atomic E-state index is 12.6. The van der Waals surface area contributed by atoms with E-state index in [2.05, 4.69) is 4.72 Å². The fraction of sp³-hybridized carbons (Fsp3) is 0.364. The first kappa shape index (κ1) is 20.6. The Morgan fingerprint density at radius 2 is 1.87 bits per heavy atom. The second-order valence-electron chi connectivity index (χ2n) is 7.77. The van der Waals surface area contributed by atoms with Gasteiger partial charge in [-0.25, -0.2) is 17.9 Å². The number of piperidine rings is 1. The van der Waals surface area contributed by atoms with Gasteiger partial charge in [0.25, 0.3) is 0 Å². The second kappa shape index (κ2) is 7.85. The Morgan fingerprint density at radius 1 is 1.13 bits per heavy atom. The number of hydrogen-bond acceptors (Lipinski definition) is 5. The van der Waals surface area contributed by atoms with Crippen molar-refractivity contribution < 1.29 is 22.7 Å². The van der Waals surface area contributed by atoms with Crippen LogP contribution in [0.25, 0.3) is 0 Å². The normalized spacial score (nSPS) is 17.6. The molecule has 1 fully saturated rings. The third-order valence-electron chi connectivity index (χ3n) is 5.78. The largest absolute Gasteiger partial charge is 0.450 e. The van der Waals surface area contributed by atoms with E-state index in [4.69, 9.17) is 4.74 Å². The highest BCUT2D eigenvalue weighted by atomic mass is 32.2. The maximum Gasteiger partial charge on any atom is 0.339 e. The van der Waals surface area contributed by atoms with Crippen LogP contribution in [-0.4, -0.2) is 44.8 Å². The molecule has 2 heterocycles. The second-order valence-corrected chi connectivity index (χ2v) is 9.54. The predicted molar refractivity (Wildman–Crippen MR) is 110 cm³/mol. The van der Waals surface area contributed by atoms with Gasteiger partial charge in [-0.1, -0.05) is 30.3 Å². The van der Waals surface area contributed by atoms with Gasteiger partial charge in [0.2, 0.25) is 15.9 Å². The Hall–Kier alpha value is -2.71. The number of hydrogen-bond donors (Lipinski definition) is 1. The molecule has 2 aromatic rings. The van der Waals surface area contributed by atoms with Gasteiger partial charge >= 0.3 is 5.97 Å². The predicted octanol–water partition coefficient (Wildman–Crippen LogP) is 2.35. The summed E-state index contributed by atoms with van der Waals surface area (Å²) in [7, 11) is -3.65. The van der Waals surface area contributed by atoms with Crippen molar-refractivity contribution in [1.29, 1.82) is 0 Å². The molecule has 1 saturated heterocycles. The number of aryl methyl sites for hydroxylation is 1.